The molecule has 5 nitrogen and oxygen atoms in total. The number of aliphatic hydroxyl groups excluding tert-OH is 1. The highest BCUT2D eigenvalue weighted by atomic mass is 19.1. The minimum absolute atomic E-state index is 0.00108. The molecule has 1 fully saturated rings. The lowest BCUT2D eigenvalue weighted by Gasteiger charge is -2.25. The van der Waals surface area contributed by atoms with Crippen LogP contribution in [0, 0.1) is 5.82 Å². The lowest BCUT2D eigenvalue weighted by Crippen LogP contribution is -2.30. The minimum atomic E-state index is -1.08. The van der Waals surface area contributed by atoms with Crippen LogP contribution in [0.5, 0.6) is 0 Å². The Morgan fingerprint density at radius 2 is 1.64 bits per heavy atom. The first-order valence-corrected chi connectivity index (χ1v) is 10.5. The Hall–Kier alpha value is -4.32. The summed E-state index contributed by atoms with van der Waals surface area (Å²) in [5.41, 5.74) is 0.920. The number of pyridine rings is 1. The van der Waals surface area contributed by atoms with Crippen LogP contribution >= 0.6 is 0 Å². The highest BCUT2D eigenvalue weighted by Gasteiger charge is 2.47. The number of ketones is 1. The van der Waals surface area contributed by atoms with Gasteiger partial charge in [0.1, 0.15) is 11.6 Å². The second kappa shape index (κ2) is 8.31. The molecular weight excluding hydrogens is 419 g/mol. The Balaban J connectivity index is 1.68. The molecule has 1 saturated heterocycles. The molecule has 4 aromatic rings. The number of aliphatic hydroxyl groups is 1. The van der Waals surface area contributed by atoms with Gasteiger partial charge in [-0.15, -0.1) is 0 Å². The summed E-state index contributed by atoms with van der Waals surface area (Å²) < 4.78 is 14.9. The SMILES string of the molecule is O=C1C(=O)N(Cc2ccccn2)C(c2ccccc2F)/C1=C(\O)c1ccc2ccccc2c1. The van der Waals surface area contributed by atoms with E-state index >= 15 is 0 Å². The predicted molar refractivity (Wildman–Crippen MR) is 122 cm³/mol. The van der Waals surface area contributed by atoms with Crippen molar-refractivity contribution < 1.29 is 19.1 Å². The third-order valence-electron chi connectivity index (χ3n) is 5.82. The summed E-state index contributed by atoms with van der Waals surface area (Å²) in [6.45, 7) is -0.00108. The second-order valence-electron chi connectivity index (χ2n) is 7.83. The molecular formula is C27H19FN2O3. The average Bonchev–Trinajstić information content (AvgIpc) is 3.09. The summed E-state index contributed by atoms with van der Waals surface area (Å²) in [6.07, 6.45) is 1.58. The van der Waals surface area contributed by atoms with Crippen LogP contribution in [0.4, 0.5) is 4.39 Å². The number of aromatic nitrogens is 1. The normalized spacial score (nSPS) is 17.6. The molecule has 2 heterocycles. The van der Waals surface area contributed by atoms with Crippen molar-refractivity contribution in [1.82, 2.24) is 9.88 Å². The van der Waals surface area contributed by atoms with E-state index in [2.05, 4.69) is 4.98 Å². The summed E-state index contributed by atoms with van der Waals surface area (Å²) in [7, 11) is 0. The lowest BCUT2D eigenvalue weighted by atomic mass is 9.94. The van der Waals surface area contributed by atoms with E-state index in [1.807, 2.05) is 30.3 Å². The van der Waals surface area contributed by atoms with Gasteiger partial charge in [0.25, 0.3) is 11.7 Å². The number of Topliss-reactive ketones (excluding diaryl/α,β-unsaturated/α-hetero) is 1. The molecule has 0 spiro atoms. The third-order valence-corrected chi connectivity index (χ3v) is 5.82. The first-order chi connectivity index (χ1) is 16.0. The largest absolute Gasteiger partial charge is 0.507 e. The van der Waals surface area contributed by atoms with Crippen LogP contribution in [0.15, 0.2) is 96.7 Å². The topological polar surface area (TPSA) is 70.5 Å². The maximum absolute atomic E-state index is 14.9. The van der Waals surface area contributed by atoms with E-state index in [-0.39, 0.29) is 23.4 Å². The van der Waals surface area contributed by atoms with E-state index in [4.69, 9.17) is 0 Å². The molecule has 0 saturated carbocycles. The highest BCUT2D eigenvalue weighted by molar-refractivity contribution is 6.46. The van der Waals surface area contributed by atoms with Gasteiger partial charge in [-0.2, -0.15) is 0 Å². The van der Waals surface area contributed by atoms with Gasteiger partial charge in [-0.1, -0.05) is 60.7 Å². The standard InChI is InChI=1S/C27H19FN2O3/c28-22-11-4-3-10-21(22)24-23(25(31)19-13-12-17-7-1-2-8-18(17)15-19)26(32)27(33)30(24)16-20-9-5-6-14-29-20/h1-15,24,31H,16H2/b25-23+. The molecule has 162 valence electrons. The number of benzene rings is 3. The lowest BCUT2D eigenvalue weighted by molar-refractivity contribution is -0.140. The number of rotatable bonds is 4. The minimum Gasteiger partial charge on any atom is -0.507 e. The number of fused-ring (bicyclic) bond motifs is 1. The fourth-order valence-corrected chi connectivity index (χ4v) is 4.22. The number of carbonyl (C=O) groups is 2. The molecule has 1 amide bonds. The van der Waals surface area contributed by atoms with Gasteiger partial charge in [-0.25, -0.2) is 4.39 Å². The number of hydrogen-bond acceptors (Lipinski definition) is 4. The zero-order valence-corrected chi connectivity index (χ0v) is 17.5. The van der Waals surface area contributed by atoms with Crippen LogP contribution < -0.4 is 0 Å². The predicted octanol–water partition coefficient (Wildman–Crippen LogP) is 5.00. The van der Waals surface area contributed by atoms with Crippen molar-refractivity contribution in [2.24, 2.45) is 0 Å². The number of amides is 1. The van der Waals surface area contributed by atoms with Crippen LogP contribution in [0.2, 0.25) is 0 Å². The van der Waals surface area contributed by atoms with Crippen molar-refractivity contribution in [3.63, 3.8) is 0 Å². The van der Waals surface area contributed by atoms with E-state index < -0.39 is 23.5 Å². The molecule has 3 aromatic carbocycles. The van der Waals surface area contributed by atoms with E-state index in [0.717, 1.165) is 10.8 Å². The average molecular weight is 438 g/mol. The van der Waals surface area contributed by atoms with Gasteiger partial charge in [0.2, 0.25) is 0 Å². The first-order valence-electron chi connectivity index (χ1n) is 10.5. The maximum Gasteiger partial charge on any atom is 0.296 e. The number of carbonyl (C=O) groups excluding carboxylic acids is 2. The molecule has 1 aliphatic rings. The van der Waals surface area contributed by atoms with Gasteiger partial charge in [-0.05, 0) is 35.0 Å². The van der Waals surface area contributed by atoms with Crippen molar-refractivity contribution in [3.05, 3.63) is 119 Å². The molecule has 0 aliphatic carbocycles. The Morgan fingerprint density at radius 3 is 2.39 bits per heavy atom. The summed E-state index contributed by atoms with van der Waals surface area (Å²) in [5.74, 6) is -2.57. The van der Waals surface area contributed by atoms with E-state index in [1.165, 1.54) is 23.1 Å². The van der Waals surface area contributed by atoms with E-state index in [0.29, 0.717) is 11.3 Å². The first kappa shape index (κ1) is 20.6. The molecule has 1 unspecified atom stereocenters. The Morgan fingerprint density at radius 1 is 0.909 bits per heavy atom. The number of likely N-dealkylation sites (tertiary alicyclic amines) is 1. The molecule has 33 heavy (non-hydrogen) atoms. The van der Waals surface area contributed by atoms with Crippen LogP contribution in [0.1, 0.15) is 22.9 Å². The second-order valence-corrected chi connectivity index (χ2v) is 7.83. The molecule has 0 bridgehead atoms. The molecule has 1 N–H and O–H groups in total. The molecule has 0 radical (unpaired) electrons. The van der Waals surface area contributed by atoms with Gasteiger partial charge in [0.15, 0.2) is 0 Å². The third kappa shape index (κ3) is 3.65. The smallest absolute Gasteiger partial charge is 0.296 e. The summed E-state index contributed by atoms with van der Waals surface area (Å²) in [5, 5.41) is 13.1. The van der Waals surface area contributed by atoms with Crippen LogP contribution in [-0.4, -0.2) is 26.7 Å². The molecule has 6 heteroatoms. The van der Waals surface area contributed by atoms with Gasteiger partial charge in [0.05, 0.1) is 23.9 Å². The molecule has 1 aliphatic heterocycles. The van der Waals surface area contributed by atoms with Gasteiger partial charge >= 0.3 is 0 Å². The number of hydrogen-bond donors (Lipinski definition) is 1. The van der Waals surface area contributed by atoms with Gasteiger partial charge in [-0.3, -0.25) is 14.6 Å². The van der Waals surface area contributed by atoms with Crippen LogP contribution in [-0.2, 0) is 16.1 Å². The van der Waals surface area contributed by atoms with Gasteiger partial charge < -0.3 is 10.0 Å². The number of halogens is 1. The van der Waals surface area contributed by atoms with Crippen molar-refractivity contribution in [3.8, 4) is 0 Å². The molecule has 1 atom stereocenters. The Bertz CT molecular complexity index is 1420. The summed E-state index contributed by atoms with van der Waals surface area (Å²) in [4.78, 5) is 31.7. The van der Waals surface area contributed by atoms with Gasteiger partial charge in [0, 0.05) is 17.3 Å². The Labute approximate surface area is 189 Å². The zero-order valence-electron chi connectivity index (χ0n) is 17.5. The summed E-state index contributed by atoms with van der Waals surface area (Å²) in [6, 6.07) is 23.0. The van der Waals surface area contributed by atoms with Crippen molar-refractivity contribution in [1.29, 1.82) is 0 Å². The van der Waals surface area contributed by atoms with Crippen molar-refractivity contribution in [2.45, 2.75) is 12.6 Å². The Kier molecular flexibility index (Phi) is 5.18. The fourth-order valence-electron chi connectivity index (χ4n) is 4.22. The summed E-state index contributed by atoms with van der Waals surface area (Å²) >= 11 is 0. The zero-order chi connectivity index (χ0) is 22.9. The van der Waals surface area contributed by atoms with Crippen LogP contribution in [0.3, 0.4) is 0 Å². The van der Waals surface area contributed by atoms with Crippen molar-refractivity contribution in [2.75, 3.05) is 0 Å². The number of nitrogens with zero attached hydrogens (tertiary/aromatic N) is 2. The fraction of sp³-hybridized carbons (Fsp3) is 0.0741. The molecule has 5 rings (SSSR count). The maximum atomic E-state index is 14.9. The monoisotopic (exact) mass is 438 g/mol. The van der Waals surface area contributed by atoms with Crippen molar-refractivity contribution >= 4 is 28.2 Å². The quantitative estimate of drug-likeness (QED) is 0.277. The van der Waals surface area contributed by atoms with E-state index in [1.54, 1.807) is 42.6 Å². The molecule has 1 aromatic heterocycles. The van der Waals surface area contributed by atoms with E-state index in [9.17, 15) is 19.1 Å². The van der Waals surface area contributed by atoms with Crippen LogP contribution in [0.25, 0.3) is 16.5 Å². The highest BCUT2D eigenvalue weighted by Crippen LogP contribution is 2.41.